The SMILES string of the molecule is COc1cc2nc(CN3CCSCC3)nc(N3CCCCC3)c2cc1OC. The predicted octanol–water partition coefficient (Wildman–Crippen LogP) is 3.19. The van der Waals surface area contributed by atoms with Crippen molar-refractivity contribution < 1.29 is 9.47 Å². The first-order valence-corrected chi connectivity index (χ1v) is 10.9. The first-order chi connectivity index (χ1) is 13.3. The van der Waals surface area contributed by atoms with Gasteiger partial charge < -0.3 is 14.4 Å². The van der Waals surface area contributed by atoms with Crippen LogP contribution in [0.25, 0.3) is 10.9 Å². The van der Waals surface area contributed by atoms with Gasteiger partial charge in [-0.1, -0.05) is 0 Å². The third-order valence-corrected chi connectivity index (χ3v) is 6.29. The number of hydrogen-bond donors (Lipinski definition) is 0. The summed E-state index contributed by atoms with van der Waals surface area (Å²) in [6.45, 7) is 5.14. The van der Waals surface area contributed by atoms with Gasteiger partial charge >= 0.3 is 0 Å². The average molecular weight is 389 g/mol. The van der Waals surface area contributed by atoms with Crippen LogP contribution in [0.1, 0.15) is 25.1 Å². The highest BCUT2D eigenvalue weighted by molar-refractivity contribution is 7.99. The number of aromatic nitrogens is 2. The van der Waals surface area contributed by atoms with Crippen LogP contribution in [0.4, 0.5) is 5.82 Å². The minimum atomic E-state index is 0.716. The standard InChI is InChI=1S/C20H28N4O2S/c1-25-17-12-15-16(13-18(17)26-2)21-19(14-23-8-10-27-11-9-23)22-20(15)24-6-4-3-5-7-24/h12-13H,3-11,14H2,1-2H3. The van der Waals surface area contributed by atoms with Crippen LogP contribution >= 0.6 is 11.8 Å². The Bertz CT molecular complexity index is 789. The van der Waals surface area contributed by atoms with Crippen LogP contribution in [0.2, 0.25) is 0 Å². The highest BCUT2D eigenvalue weighted by Crippen LogP contribution is 2.36. The predicted molar refractivity (Wildman–Crippen MR) is 111 cm³/mol. The minimum Gasteiger partial charge on any atom is -0.493 e. The van der Waals surface area contributed by atoms with Crippen molar-refractivity contribution in [3.8, 4) is 11.5 Å². The first-order valence-electron chi connectivity index (χ1n) is 9.76. The van der Waals surface area contributed by atoms with Crippen molar-refractivity contribution in [2.24, 2.45) is 0 Å². The maximum atomic E-state index is 5.53. The Morgan fingerprint density at radius 1 is 0.926 bits per heavy atom. The second-order valence-electron chi connectivity index (χ2n) is 7.12. The molecule has 0 radical (unpaired) electrons. The summed E-state index contributed by atoms with van der Waals surface area (Å²) in [5.41, 5.74) is 0.935. The molecule has 0 aliphatic carbocycles. The Hall–Kier alpha value is -1.73. The lowest BCUT2D eigenvalue weighted by Crippen LogP contribution is -2.34. The molecule has 3 heterocycles. The van der Waals surface area contributed by atoms with Crippen LogP contribution in [0.5, 0.6) is 11.5 Å². The van der Waals surface area contributed by atoms with E-state index in [2.05, 4.69) is 9.80 Å². The van der Waals surface area contributed by atoms with Crippen molar-refractivity contribution in [2.75, 3.05) is 56.8 Å². The van der Waals surface area contributed by atoms with E-state index in [1.807, 2.05) is 23.9 Å². The molecule has 4 rings (SSSR count). The number of methoxy groups -OCH3 is 2. The highest BCUT2D eigenvalue weighted by Gasteiger charge is 2.20. The molecule has 2 fully saturated rings. The van der Waals surface area contributed by atoms with Gasteiger partial charge in [-0.05, 0) is 25.3 Å². The topological polar surface area (TPSA) is 50.7 Å². The number of thioether (sulfide) groups is 1. The molecule has 0 unspecified atom stereocenters. The molecule has 2 aromatic rings. The van der Waals surface area contributed by atoms with E-state index >= 15 is 0 Å². The van der Waals surface area contributed by atoms with Crippen molar-refractivity contribution in [1.29, 1.82) is 0 Å². The zero-order valence-corrected chi connectivity index (χ0v) is 17.1. The van der Waals surface area contributed by atoms with Crippen molar-refractivity contribution in [3.05, 3.63) is 18.0 Å². The van der Waals surface area contributed by atoms with E-state index in [1.165, 1.54) is 30.8 Å². The number of hydrogen-bond acceptors (Lipinski definition) is 7. The number of rotatable bonds is 5. The molecular weight excluding hydrogens is 360 g/mol. The summed E-state index contributed by atoms with van der Waals surface area (Å²) in [4.78, 5) is 14.8. The van der Waals surface area contributed by atoms with E-state index in [9.17, 15) is 0 Å². The van der Waals surface area contributed by atoms with Gasteiger partial charge in [0.2, 0.25) is 0 Å². The van der Waals surface area contributed by atoms with Crippen LogP contribution in [-0.4, -0.2) is 66.8 Å². The van der Waals surface area contributed by atoms with Crippen molar-refractivity contribution in [1.82, 2.24) is 14.9 Å². The van der Waals surface area contributed by atoms with E-state index in [0.717, 1.165) is 61.0 Å². The van der Waals surface area contributed by atoms with Gasteiger partial charge in [0.1, 0.15) is 11.6 Å². The van der Waals surface area contributed by atoms with Crippen LogP contribution in [-0.2, 0) is 6.54 Å². The third-order valence-electron chi connectivity index (χ3n) is 5.35. The molecule has 7 heteroatoms. The molecule has 0 atom stereocenters. The van der Waals surface area contributed by atoms with Crippen molar-refractivity contribution in [2.45, 2.75) is 25.8 Å². The largest absolute Gasteiger partial charge is 0.493 e. The highest BCUT2D eigenvalue weighted by atomic mass is 32.2. The van der Waals surface area contributed by atoms with E-state index in [4.69, 9.17) is 19.4 Å². The van der Waals surface area contributed by atoms with Gasteiger partial charge in [0.25, 0.3) is 0 Å². The molecule has 1 aromatic heterocycles. The normalized spacial score (nSPS) is 18.7. The molecule has 1 aromatic carbocycles. The van der Waals surface area contributed by atoms with Gasteiger partial charge in [-0.3, -0.25) is 4.90 Å². The van der Waals surface area contributed by atoms with Crippen LogP contribution in [0.3, 0.4) is 0 Å². The number of ether oxygens (including phenoxy) is 2. The van der Waals surface area contributed by atoms with Crippen LogP contribution in [0, 0.1) is 0 Å². The van der Waals surface area contributed by atoms with Gasteiger partial charge in [-0.25, -0.2) is 9.97 Å². The molecule has 0 saturated carbocycles. The number of nitrogens with zero attached hydrogens (tertiary/aromatic N) is 4. The van der Waals surface area contributed by atoms with E-state index in [1.54, 1.807) is 14.2 Å². The lowest BCUT2D eigenvalue weighted by atomic mass is 10.1. The molecule has 0 bridgehead atoms. The summed E-state index contributed by atoms with van der Waals surface area (Å²) >= 11 is 2.03. The van der Waals surface area contributed by atoms with Crippen molar-refractivity contribution in [3.63, 3.8) is 0 Å². The van der Waals surface area contributed by atoms with Crippen LogP contribution < -0.4 is 14.4 Å². The summed E-state index contributed by atoms with van der Waals surface area (Å²) in [5, 5.41) is 1.05. The molecule has 146 valence electrons. The second kappa shape index (κ2) is 8.52. The zero-order valence-electron chi connectivity index (χ0n) is 16.2. The number of anilines is 1. The quantitative estimate of drug-likeness (QED) is 0.780. The summed E-state index contributed by atoms with van der Waals surface area (Å²) < 4.78 is 11.0. The molecule has 2 aliphatic rings. The first kappa shape index (κ1) is 18.6. The van der Waals surface area contributed by atoms with Gasteiger partial charge in [-0.2, -0.15) is 11.8 Å². The maximum Gasteiger partial charge on any atom is 0.162 e. The lowest BCUT2D eigenvalue weighted by Gasteiger charge is -2.30. The number of piperidine rings is 1. The summed E-state index contributed by atoms with van der Waals surface area (Å²) in [7, 11) is 3.34. The molecule has 0 spiro atoms. The molecular formula is C20H28N4O2S. The van der Waals surface area contributed by atoms with E-state index in [-0.39, 0.29) is 0 Å². The fourth-order valence-electron chi connectivity index (χ4n) is 3.86. The van der Waals surface area contributed by atoms with Gasteiger partial charge in [0, 0.05) is 49.1 Å². The fraction of sp³-hybridized carbons (Fsp3) is 0.600. The van der Waals surface area contributed by atoms with Gasteiger partial charge in [0.05, 0.1) is 26.3 Å². The van der Waals surface area contributed by atoms with E-state index in [0.29, 0.717) is 5.75 Å². The Kier molecular flexibility index (Phi) is 5.88. The van der Waals surface area contributed by atoms with Gasteiger partial charge in [0.15, 0.2) is 11.5 Å². The second-order valence-corrected chi connectivity index (χ2v) is 8.35. The Morgan fingerprint density at radius 2 is 1.63 bits per heavy atom. The monoisotopic (exact) mass is 388 g/mol. The summed E-state index contributed by atoms with van der Waals surface area (Å²) in [5.74, 6) is 5.78. The Morgan fingerprint density at radius 3 is 2.33 bits per heavy atom. The molecule has 27 heavy (non-hydrogen) atoms. The fourth-order valence-corrected chi connectivity index (χ4v) is 4.84. The minimum absolute atomic E-state index is 0.716. The summed E-state index contributed by atoms with van der Waals surface area (Å²) in [6, 6.07) is 4.01. The Labute approximate surface area is 165 Å². The van der Waals surface area contributed by atoms with Crippen LogP contribution in [0.15, 0.2) is 12.1 Å². The summed E-state index contributed by atoms with van der Waals surface area (Å²) in [6.07, 6.45) is 3.74. The molecule has 2 aliphatic heterocycles. The molecule has 2 saturated heterocycles. The lowest BCUT2D eigenvalue weighted by molar-refractivity contribution is 0.287. The maximum absolute atomic E-state index is 5.53. The zero-order chi connectivity index (χ0) is 18.6. The molecule has 0 amide bonds. The van der Waals surface area contributed by atoms with Gasteiger partial charge in [-0.15, -0.1) is 0 Å². The smallest absolute Gasteiger partial charge is 0.162 e. The van der Waals surface area contributed by atoms with Crippen molar-refractivity contribution >= 4 is 28.5 Å². The third kappa shape index (κ3) is 4.09. The van der Waals surface area contributed by atoms with E-state index < -0.39 is 0 Å². The number of benzene rings is 1. The number of fused-ring (bicyclic) bond motifs is 1. The average Bonchev–Trinajstić information content (AvgIpc) is 2.73. The molecule has 6 nitrogen and oxygen atoms in total. The Balaban J connectivity index is 1.76. The molecule has 0 N–H and O–H groups in total.